The number of halogens is 1. The van der Waals surface area contributed by atoms with Crippen molar-refractivity contribution in [1.29, 1.82) is 0 Å². The largest absolute Gasteiger partial charge is 0.484 e. The van der Waals surface area contributed by atoms with E-state index in [-0.39, 0.29) is 12.5 Å². The number of hydrogen-bond donors (Lipinski definition) is 3. The summed E-state index contributed by atoms with van der Waals surface area (Å²) >= 11 is 5.79. The number of hydrogen-bond acceptors (Lipinski definition) is 5. The van der Waals surface area contributed by atoms with E-state index in [2.05, 4.69) is 21.2 Å². The molecule has 3 N–H and O–H groups in total. The minimum Gasteiger partial charge on any atom is -0.484 e. The van der Waals surface area contributed by atoms with E-state index in [0.717, 1.165) is 0 Å². The fourth-order valence-corrected chi connectivity index (χ4v) is 2.02. The van der Waals surface area contributed by atoms with Crippen LogP contribution in [0.25, 0.3) is 0 Å². The van der Waals surface area contributed by atoms with Crippen LogP contribution in [0.15, 0.2) is 53.6 Å². The van der Waals surface area contributed by atoms with Gasteiger partial charge in [-0.2, -0.15) is 5.10 Å². The van der Waals surface area contributed by atoms with Gasteiger partial charge in [0.1, 0.15) is 5.75 Å². The molecule has 0 radical (unpaired) electrons. The van der Waals surface area contributed by atoms with Crippen LogP contribution in [0.3, 0.4) is 0 Å². The standard InChI is InChI=1S/C18H17ClN4O4/c1-20-17(25)18(26)23-21-10-12-3-2-4-15(9-12)27-11-16(24)22-14-7-5-13(19)6-8-14/h2-10H,11H2,1H3,(H,20,25)(H,22,24)(H,23,26)/b21-10-. The van der Waals surface area contributed by atoms with Crippen LogP contribution < -0.4 is 20.8 Å². The highest BCUT2D eigenvalue weighted by molar-refractivity contribution is 6.35. The van der Waals surface area contributed by atoms with Crippen LogP contribution >= 0.6 is 11.6 Å². The van der Waals surface area contributed by atoms with Crippen LogP contribution in [-0.2, 0) is 14.4 Å². The van der Waals surface area contributed by atoms with Crippen LogP contribution in [0.1, 0.15) is 5.56 Å². The predicted molar refractivity (Wildman–Crippen MR) is 102 cm³/mol. The Hall–Kier alpha value is -3.39. The molecule has 27 heavy (non-hydrogen) atoms. The van der Waals surface area contributed by atoms with Crippen molar-refractivity contribution < 1.29 is 19.1 Å². The average Bonchev–Trinajstić information content (AvgIpc) is 2.68. The van der Waals surface area contributed by atoms with Gasteiger partial charge in [0.25, 0.3) is 5.91 Å². The normalized spacial score (nSPS) is 10.3. The van der Waals surface area contributed by atoms with Crippen molar-refractivity contribution in [2.45, 2.75) is 0 Å². The highest BCUT2D eigenvalue weighted by Gasteiger charge is 2.09. The summed E-state index contributed by atoms with van der Waals surface area (Å²) in [5.74, 6) is -1.55. The molecule has 2 aromatic rings. The molecule has 0 aliphatic carbocycles. The van der Waals surface area contributed by atoms with Gasteiger partial charge in [0.05, 0.1) is 6.21 Å². The molecule has 140 valence electrons. The number of nitrogens with one attached hydrogen (secondary N) is 3. The summed E-state index contributed by atoms with van der Waals surface area (Å²) in [5.41, 5.74) is 3.31. The van der Waals surface area contributed by atoms with Crippen molar-refractivity contribution in [1.82, 2.24) is 10.7 Å². The summed E-state index contributed by atoms with van der Waals surface area (Å²) in [4.78, 5) is 34.2. The van der Waals surface area contributed by atoms with Gasteiger partial charge in [-0.25, -0.2) is 5.43 Å². The Bertz CT molecular complexity index is 853. The molecule has 2 rings (SSSR count). The van der Waals surface area contributed by atoms with Gasteiger partial charge in [-0.15, -0.1) is 0 Å². The van der Waals surface area contributed by atoms with Crippen LogP contribution in [0, 0.1) is 0 Å². The van der Waals surface area contributed by atoms with E-state index in [1.54, 1.807) is 48.5 Å². The zero-order valence-electron chi connectivity index (χ0n) is 14.4. The second kappa shape index (κ2) is 9.93. The molecule has 0 fully saturated rings. The number of hydrazone groups is 1. The van der Waals surface area contributed by atoms with Crippen molar-refractivity contribution in [3.05, 3.63) is 59.1 Å². The molecule has 0 saturated heterocycles. The second-order valence-corrected chi connectivity index (χ2v) is 5.63. The van der Waals surface area contributed by atoms with Crippen molar-refractivity contribution >= 4 is 41.2 Å². The first-order valence-corrected chi connectivity index (χ1v) is 8.19. The predicted octanol–water partition coefficient (Wildman–Crippen LogP) is 1.55. The highest BCUT2D eigenvalue weighted by atomic mass is 35.5. The molecule has 9 heteroatoms. The third-order valence-electron chi connectivity index (χ3n) is 3.17. The molecular weight excluding hydrogens is 372 g/mol. The van der Waals surface area contributed by atoms with E-state index in [0.29, 0.717) is 22.0 Å². The number of carbonyl (C=O) groups is 3. The summed E-state index contributed by atoms with van der Waals surface area (Å²) in [6.45, 7) is -0.184. The molecule has 0 unspecified atom stereocenters. The van der Waals surface area contributed by atoms with Crippen molar-refractivity contribution in [2.75, 3.05) is 19.0 Å². The van der Waals surface area contributed by atoms with Crippen molar-refractivity contribution in [3.8, 4) is 5.75 Å². The molecule has 0 spiro atoms. The maximum Gasteiger partial charge on any atom is 0.329 e. The summed E-state index contributed by atoms with van der Waals surface area (Å²) < 4.78 is 5.44. The maximum atomic E-state index is 11.9. The zero-order chi connectivity index (χ0) is 19.6. The van der Waals surface area contributed by atoms with Crippen LogP contribution in [0.5, 0.6) is 5.75 Å². The maximum absolute atomic E-state index is 11.9. The molecule has 0 bridgehead atoms. The van der Waals surface area contributed by atoms with Crippen LogP contribution in [0.4, 0.5) is 5.69 Å². The van der Waals surface area contributed by atoms with E-state index >= 15 is 0 Å². The number of likely N-dealkylation sites (N-methyl/N-ethyl adjacent to an activating group) is 1. The zero-order valence-corrected chi connectivity index (χ0v) is 15.1. The van der Waals surface area contributed by atoms with E-state index in [1.165, 1.54) is 13.3 Å². The fourth-order valence-electron chi connectivity index (χ4n) is 1.89. The number of nitrogens with zero attached hydrogens (tertiary/aromatic N) is 1. The third-order valence-corrected chi connectivity index (χ3v) is 3.42. The molecule has 0 aliphatic rings. The molecule has 2 aromatic carbocycles. The molecule has 8 nitrogen and oxygen atoms in total. The topological polar surface area (TPSA) is 109 Å². The minimum atomic E-state index is -0.875. The number of rotatable bonds is 6. The first-order chi connectivity index (χ1) is 13.0. The summed E-state index contributed by atoms with van der Waals surface area (Å²) in [6.07, 6.45) is 1.35. The summed E-state index contributed by atoms with van der Waals surface area (Å²) in [6, 6.07) is 13.4. The lowest BCUT2D eigenvalue weighted by Crippen LogP contribution is -2.35. The van der Waals surface area contributed by atoms with Gasteiger partial charge in [0.2, 0.25) is 0 Å². The Morgan fingerprint density at radius 3 is 2.56 bits per heavy atom. The Kier molecular flexibility index (Phi) is 7.33. The van der Waals surface area contributed by atoms with Gasteiger partial charge in [-0.05, 0) is 42.0 Å². The number of anilines is 1. The lowest BCUT2D eigenvalue weighted by molar-refractivity contribution is -0.138. The summed E-state index contributed by atoms with van der Waals surface area (Å²) in [7, 11) is 1.34. The van der Waals surface area contributed by atoms with E-state index in [4.69, 9.17) is 16.3 Å². The van der Waals surface area contributed by atoms with Gasteiger partial charge in [0, 0.05) is 17.8 Å². The monoisotopic (exact) mass is 388 g/mol. The highest BCUT2D eigenvalue weighted by Crippen LogP contribution is 2.14. The Morgan fingerprint density at radius 1 is 1.11 bits per heavy atom. The Labute approximate surface area is 160 Å². The van der Waals surface area contributed by atoms with Crippen LogP contribution in [0.2, 0.25) is 5.02 Å². The average molecular weight is 389 g/mol. The van der Waals surface area contributed by atoms with Crippen molar-refractivity contribution in [2.24, 2.45) is 5.10 Å². The van der Waals surface area contributed by atoms with Crippen LogP contribution in [-0.4, -0.2) is 37.6 Å². The Balaban J connectivity index is 1.85. The SMILES string of the molecule is CNC(=O)C(=O)N/N=C\c1cccc(OCC(=O)Nc2ccc(Cl)cc2)c1. The van der Waals surface area contributed by atoms with Gasteiger partial charge >= 0.3 is 11.8 Å². The van der Waals surface area contributed by atoms with E-state index in [1.807, 2.05) is 0 Å². The van der Waals surface area contributed by atoms with Gasteiger partial charge in [-0.3, -0.25) is 14.4 Å². The molecule has 0 aromatic heterocycles. The number of benzene rings is 2. The summed E-state index contributed by atoms with van der Waals surface area (Å²) in [5, 5.41) is 9.12. The first kappa shape index (κ1) is 19.9. The fraction of sp³-hybridized carbons (Fsp3) is 0.111. The van der Waals surface area contributed by atoms with E-state index in [9.17, 15) is 14.4 Å². The number of carbonyl (C=O) groups excluding carboxylic acids is 3. The first-order valence-electron chi connectivity index (χ1n) is 7.81. The van der Waals surface area contributed by atoms with E-state index < -0.39 is 11.8 Å². The molecule has 0 heterocycles. The third kappa shape index (κ3) is 6.79. The Morgan fingerprint density at radius 2 is 1.85 bits per heavy atom. The lowest BCUT2D eigenvalue weighted by atomic mass is 10.2. The quantitative estimate of drug-likeness (QED) is 0.396. The number of amides is 3. The number of ether oxygens (including phenoxy) is 1. The van der Waals surface area contributed by atoms with Gasteiger partial charge in [-0.1, -0.05) is 23.7 Å². The smallest absolute Gasteiger partial charge is 0.329 e. The van der Waals surface area contributed by atoms with Gasteiger partial charge in [0.15, 0.2) is 6.61 Å². The molecular formula is C18H17ClN4O4. The molecule has 0 aliphatic heterocycles. The minimum absolute atomic E-state index is 0.184. The molecule has 3 amide bonds. The van der Waals surface area contributed by atoms with Crippen molar-refractivity contribution in [3.63, 3.8) is 0 Å². The molecule has 0 atom stereocenters. The van der Waals surface area contributed by atoms with Gasteiger partial charge < -0.3 is 15.4 Å². The lowest BCUT2D eigenvalue weighted by Gasteiger charge is -2.08. The molecule has 0 saturated carbocycles. The second-order valence-electron chi connectivity index (χ2n) is 5.19.